The molecule has 0 saturated heterocycles. The highest BCUT2D eigenvalue weighted by molar-refractivity contribution is 6.31. The average Bonchev–Trinajstić information content (AvgIpc) is 2.53. The van der Waals surface area contributed by atoms with Crippen molar-refractivity contribution in [2.45, 2.75) is 6.92 Å². The van der Waals surface area contributed by atoms with Crippen LogP contribution in [0.5, 0.6) is 0 Å². The summed E-state index contributed by atoms with van der Waals surface area (Å²) in [5.74, 6) is -1.42. The van der Waals surface area contributed by atoms with Gasteiger partial charge in [0.25, 0.3) is 0 Å². The lowest BCUT2D eigenvalue weighted by Crippen LogP contribution is -2.03. The van der Waals surface area contributed by atoms with Crippen molar-refractivity contribution in [1.29, 1.82) is 0 Å². The quantitative estimate of drug-likeness (QED) is 0.655. The number of hydrogen-bond donors (Lipinski definition) is 2. The number of halogens is 4. The summed E-state index contributed by atoms with van der Waals surface area (Å²) in [5, 5.41) is 5.63. The van der Waals surface area contributed by atoms with Gasteiger partial charge in [0, 0.05) is 23.5 Å². The second-order valence-corrected chi connectivity index (χ2v) is 5.63. The Morgan fingerprint density at radius 2 is 1.68 bits per heavy atom. The minimum absolute atomic E-state index is 0.0376. The van der Waals surface area contributed by atoms with Gasteiger partial charge in [0.2, 0.25) is 5.95 Å². The van der Waals surface area contributed by atoms with Gasteiger partial charge in [-0.3, -0.25) is 0 Å². The molecule has 0 aliphatic heterocycles. The van der Waals surface area contributed by atoms with Crippen molar-refractivity contribution in [1.82, 2.24) is 9.97 Å². The highest BCUT2D eigenvalue weighted by Gasteiger charge is 2.08. The molecule has 3 aromatic rings. The topological polar surface area (TPSA) is 49.8 Å². The van der Waals surface area contributed by atoms with Crippen LogP contribution in [0.4, 0.5) is 36.3 Å². The van der Waals surface area contributed by atoms with Crippen molar-refractivity contribution < 1.29 is 13.2 Å². The maximum Gasteiger partial charge on any atom is 0.229 e. The highest BCUT2D eigenvalue weighted by atomic mass is 35.5. The van der Waals surface area contributed by atoms with E-state index >= 15 is 0 Å². The minimum atomic E-state index is -0.740. The first kappa shape index (κ1) is 17.0. The predicted molar refractivity (Wildman–Crippen MR) is 91.1 cm³/mol. The molecule has 3 rings (SSSR count). The molecule has 0 spiro atoms. The lowest BCUT2D eigenvalue weighted by molar-refractivity contribution is 0.586. The van der Waals surface area contributed by atoms with E-state index in [0.29, 0.717) is 17.2 Å². The van der Waals surface area contributed by atoms with Gasteiger partial charge in [-0.15, -0.1) is 0 Å². The standard InChI is InChI=1S/C17H12ClF3N4/c1-9-6-16(24-15-5-2-10(19)7-14(15)21)25-17(22-9)23-11-3-4-13(20)12(18)8-11/h2-8H,1H3,(H2,22,23,24,25). The van der Waals surface area contributed by atoms with Crippen molar-refractivity contribution in [2.75, 3.05) is 10.6 Å². The average molecular weight is 365 g/mol. The fraction of sp³-hybridized carbons (Fsp3) is 0.0588. The van der Waals surface area contributed by atoms with Crippen LogP contribution in [0.2, 0.25) is 5.02 Å². The third-order valence-electron chi connectivity index (χ3n) is 3.22. The molecule has 2 aromatic carbocycles. The molecule has 1 aromatic heterocycles. The van der Waals surface area contributed by atoms with Gasteiger partial charge in [0.1, 0.15) is 23.3 Å². The van der Waals surface area contributed by atoms with Gasteiger partial charge in [-0.2, -0.15) is 4.98 Å². The molecule has 0 radical (unpaired) electrons. The Kier molecular flexibility index (Phi) is 4.76. The third-order valence-corrected chi connectivity index (χ3v) is 3.51. The number of aromatic nitrogens is 2. The first-order chi connectivity index (χ1) is 11.9. The maximum atomic E-state index is 13.8. The Morgan fingerprint density at radius 1 is 0.880 bits per heavy atom. The van der Waals surface area contributed by atoms with Crippen LogP contribution in [0.15, 0.2) is 42.5 Å². The Bertz CT molecular complexity index is 934. The fourth-order valence-corrected chi connectivity index (χ4v) is 2.30. The SMILES string of the molecule is Cc1cc(Nc2ccc(F)cc2F)nc(Nc2ccc(F)c(Cl)c2)n1. The molecule has 0 fully saturated rings. The van der Waals surface area contributed by atoms with E-state index in [1.54, 1.807) is 13.0 Å². The maximum absolute atomic E-state index is 13.8. The van der Waals surface area contributed by atoms with E-state index in [-0.39, 0.29) is 16.7 Å². The number of nitrogens with zero attached hydrogens (tertiary/aromatic N) is 2. The largest absolute Gasteiger partial charge is 0.338 e. The monoisotopic (exact) mass is 364 g/mol. The van der Waals surface area contributed by atoms with Gasteiger partial charge in [-0.25, -0.2) is 18.2 Å². The zero-order chi connectivity index (χ0) is 18.0. The van der Waals surface area contributed by atoms with E-state index < -0.39 is 17.5 Å². The van der Waals surface area contributed by atoms with Gasteiger partial charge in [0.15, 0.2) is 0 Å². The molecule has 8 heteroatoms. The molecule has 0 unspecified atom stereocenters. The third kappa shape index (κ3) is 4.19. The Morgan fingerprint density at radius 3 is 2.40 bits per heavy atom. The number of nitrogens with one attached hydrogen (secondary N) is 2. The minimum Gasteiger partial charge on any atom is -0.338 e. The molecular formula is C17H12ClF3N4. The van der Waals surface area contributed by atoms with Crippen LogP contribution >= 0.6 is 11.6 Å². The van der Waals surface area contributed by atoms with Crippen LogP contribution in [-0.2, 0) is 0 Å². The zero-order valence-corrected chi connectivity index (χ0v) is 13.7. The van der Waals surface area contributed by atoms with Gasteiger partial charge in [0.05, 0.1) is 10.7 Å². The van der Waals surface area contributed by atoms with E-state index in [9.17, 15) is 13.2 Å². The van der Waals surface area contributed by atoms with E-state index in [0.717, 1.165) is 12.1 Å². The molecule has 0 amide bonds. The van der Waals surface area contributed by atoms with Crippen molar-refractivity contribution >= 4 is 34.7 Å². The molecule has 0 saturated carbocycles. The van der Waals surface area contributed by atoms with Gasteiger partial charge in [-0.1, -0.05) is 11.6 Å². The molecule has 0 atom stereocenters. The van der Waals surface area contributed by atoms with Crippen LogP contribution in [0.1, 0.15) is 5.69 Å². The van der Waals surface area contributed by atoms with Crippen LogP contribution in [0.25, 0.3) is 0 Å². The first-order valence-corrected chi connectivity index (χ1v) is 7.58. The van der Waals surface area contributed by atoms with Crippen LogP contribution < -0.4 is 10.6 Å². The van der Waals surface area contributed by atoms with Crippen molar-refractivity contribution in [3.8, 4) is 0 Å². The van der Waals surface area contributed by atoms with Crippen molar-refractivity contribution in [2.24, 2.45) is 0 Å². The van der Waals surface area contributed by atoms with Gasteiger partial charge in [-0.05, 0) is 37.3 Å². The first-order valence-electron chi connectivity index (χ1n) is 7.20. The molecule has 128 valence electrons. The van der Waals surface area contributed by atoms with E-state index in [1.165, 1.54) is 24.3 Å². The summed E-state index contributed by atoms with van der Waals surface area (Å²) < 4.78 is 39.9. The van der Waals surface area contributed by atoms with Crippen molar-refractivity contribution in [3.63, 3.8) is 0 Å². The molecule has 4 nitrogen and oxygen atoms in total. The smallest absolute Gasteiger partial charge is 0.229 e. The molecule has 2 N–H and O–H groups in total. The Hall–Kier alpha value is -2.80. The van der Waals surface area contributed by atoms with Crippen molar-refractivity contribution in [3.05, 3.63) is 70.6 Å². The Labute approximate surface area is 146 Å². The molecule has 0 bridgehead atoms. The number of benzene rings is 2. The molecule has 25 heavy (non-hydrogen) atoms. The normalized spacial score (nSPS) is 10.6. The molecule has 0 aliphatic rings. The number of hydrogen-bond acceptors (Lipinski definition) is 4. The zero-order valence-electron chi connectivity index (χ0n) is 12.9. The summed E-state index contributed by atoms with van der Waals surface area (Å²) >= 11 is 5.74. The van der Waals surface area contributed by atoms with E-state index in [1.807, 2.05) is 0 Å². The van der Waals surface area contributed by atoms with Gasteiger partial charge < -0.3 is 10.6 Å². The molecular weight excluding hydrogens is 353 g/mol. The summed E-state index contributed by atoms with van der Waals surface area (Å²) in [4.78, 5) is 8.42. The summed E-state index contributed by atoms with van der Waals surface area (Å²) in [6.45, 7) is 1.73. The lowest BCUT2D eigenvalue weighted by Gasteiger charge is -2.11. The fourth-order valence-electron chi connectivity index (χ4n) is 2.12. The highest BCUT2D eigenvalue weighted by Crippen LogP contribution is 2.24. The molecule has 0 aliphatic carbocycles. The second-order valence-electron chi connectivity index (χ2n) is 5.22. The van der Waals surface area contributed by atoms with Gasteiger partial charge >= 0.3 is 0 Å². The van der Waals surface area contributed by atoms with E-state index in [2.05, 4.69) is 20.6 Å². The molecule has 1 heterocycles. The number of rotatable bonds is 4. The van der Waals surface area contributed by atoms with E-state index in [4.69, 9.17) is 11.6 Å². The summed E-state index contributed by atoms with van der Waals surface area (Å²) in [5.41, 5.74) is 1.18. The summed E-state index contributed by atoms with van der Waals surface area (Å²) in [6.07, 6.45) is 0. The second kappa shape index (κ2) is 6.98. The Balaban J connectivity index is 1.86. The number of anilines is 4. The van der Waals surface area contributed by atoms with Crippen LogP contribution in [0.3, 0.4) is 0 Å². The number of aryl methyl sites for hydroxylation is 1. The van der Waals surface area contributed by atoms with Crippen LogP contribution in [0, 0.1) is 24.4 Å². The lowest BCUT2D eigenvalue weighted by atomic mass is 10.3. The van der Waals surface area contributed by atoms with Crippen LogP contribution in [-0.4, -0.2) is 9.97 Å². The summed E-state index contributed by atoms with van der Waals surface area (Å²) in [7, 11) is 0. The predicted octanol–water partition coefficient (Wildman–Crippen LogP) is 5.34. The summed E-state index contributed by atoms with van der Waals surface area (Å²) in [6, 6.07) is 8.89.